The minimum Gasteiger partial charge on any atom is -0.328 e. The van der Waals surface area contributed by atoms with Crippen molar-refractivity contribution in [3.8, 4) is 0 Å². The smallest absolute Gasteiger partial charge is 0.255 e. The molecular weight excluding hydrogens is 362 g/mol. The summed E-state index contributed by atoms with van der Waals surface area (Å²) in [6, 6.07) is 14.7. The second kappa shape index (κ2) is 6.89. The van der Waals surface area contributed by atoms with Crippen LogP contribution in [-0.2, 0) is 4.79 Å². The Labute approximate surface area is 161 Å². The zero-order valence-corrected chi connectivity index (χ0v) is 15.7. The third kappa shape index (κ3) is 3.19. The molecule has 0 fully saturated rings. The van der Waals surface area contributed by atoms with Gasteiger partial charge in [0.15, 0.2) is 0 Å². The average molecular weight is 380 g/mol. The fourth-order valence-corrected chi connectivity index (χ4v) is 3.37. The number of amides is 1. The van der Waals surface area contributed by atoms with Crippen LogP contribution < -0.4 is 10.6 Å². The predicted octanol–water partition coefficient (Wildman–Crippen LogP) is 4.17. The lowest BCUT2D eigenvalue weighted by Crippen LogP contribution is -2.31. The number of hydrogen-bond acceptors (Lipinski definition) is 4. The van der Waals surface area contributed by atoms with Gasteiger partial charge >= 0.3 is 0 Å². The molecule has 6 nitrogen and oxygen atoms in total. The van der Waals surface area contributed by atoms with E-state index in [2.05, 4.69) is 20.7 Å². The minimum absolute atomic E-state index is 0.185. The van der Waals surface area contributed by atoms with E-state index in [4.69, 9.17) is 11.6 Å². The molecule has 0 unspecified atom stereocenters. The van der Waals surface area contributed by atoms with Gasteiger partial charge in [-0.25, -0.2) is 4.68 Å². The first-order valence-corrected chi connectivity index (χ1v) is 8.92. The van der Waals surface area contributed by atoms with Gasteiger partial charge in [-0.2, -0.15) is 10.1 Å². The number of anilines is 2. The van der Waals surface area contributed by atoms with Crippen LogP contribution in [0.3, 0.4) is 0 Å². The van der Waals surface area contributed by atoms with Crippen molar-refractivity contribution in [1.29, 1.82) is 0 Å². The van der Waals surface area contributed by atoms with E-state index >= 15 is 0 Å². The molecule has 1 aliphatic heterocycles. The van der Waals surface area contributed by atoms with Crippen molar-refractivity contribution in [1.82, 2.24) is 14.8 Å². The van der Waals surface area contributed by atoms with Gasteiger partial charge in [-0.1, -0.05) is 41.9 Å². The zero-order chi connectivity index (χ0) is 19.0. The molecule has 3 aromatic rings. The molecule has 7 heteroatoms. The number of fused-ring (bicyclic) bond motifs is 1. The zero-order valence-electron chi connectivity index (χ0n) is 14.9. The van der Waals surface area contributed by atoms with E-state index in [1.165, 1.54) is 6.33 Å². The first-order chi connectivity index (χ1) is 13.0. The third-order valence-electron chi connectivity index (χ3n) is 4.62. The molecule has 1 atom stereocenters. The van der Waals surface area contributed by atoms with Gasteiger partial charge in [-0.15, -0.1) is 0 Å². The molecule has 2 heterocycles. The normalized spacial score (nSPS) is 15.9. The number of benzene rings is 2. The second-order valence-electron chi connectivity index (χ2n) is 6.42. The van der Waals surface area contributed by atoms with Crippen LogP contribution in [0.5, 0.6) is 0 Å². The van der Waals surface area contributed by atoms with E-state index < -0.39 is 6.04 Å². The van der Waals surface area contributed by atoms with Crippen molar-refractivity contribution in [2.75, 3.05) is 10.6 Å². The second-order valence-corrected chi connectivity index (χ2v) is 6.85. The van der Waals surface area contributed by atoms with Gasteiger partial charge in [0.25, 0.3) is 5.91 Å². The summed E-state index contributed by atoms with van der Waals surface area (Å²) in [4.78, 5) is 17.5. The number of hydrogen-bond donors (Lipinski definition) is 2. The lowest BCUT2D eigenvalue weighted by atomic mass is 9.95. The number of halogens is 1. The molecule has 0 saturated carbocycles. The monoisotopic (exact) mass is 379 g/mol. The number of para-hydroxylation sites is 1. The topological polar surface area (TPSA) is 71.8 Å². The predicted molar refractivity (Wildman–Crippen MR) is 106 cm³/mol. The van der Waals surface area contributed by atoms with Crippen LogP contribution in [0.25, 0.3) is 0 Å². The summed E-state index contributed by atoms with van der Waals surface area (Å²) in [6.07, 6.45) is 1.47. The minimum atomic E-state index is -0.398. The van der Waals surface area contributed by atoms with Crippen LogP contribution in [0.4, 0.5) is 11.6 Å². The maximum absolute atomic E-state index is 13.2. The lowest BCUT2D eigenvalue weighted by Gasteiger charge is -2.29. The summed E-state index contributed by atoms with van der Waals surface area (Å²) in [5, 5.41) is 11.1. The van der Waals surface area contributed by atoms with Gasteiger partial charge in [-0.3, -0.25) is 4.79 Å². The number of nitrogens with one attached hydrogen (secondary N) is 2. The highest BCUT2D eigenvalue weighted by Gasteiger charge is 2.33. The number of nitrogens with zero attached hydrogens (tertiary/aromatic N) is 3. The Balaban J connectivity index is 1.77. The molecule has 1 amide bonds. The maximum Gasteiger partial charge on any atom is 0.255 e. The van der Waals surface area contributed by atoms with E-state index in [9.17, 15) is 4.79 Å². The summed E-state index contributed by atoms with van der Waals surface area (Å²) >= 11 is 6.04. The standard InChI is InChI=1S/C20H18ClN5O/c1-12-5-3-4-6-16(12)25-19(27)17-13(2)24-20-22-11-23-26(20)18(17)14-7-9-15(21)10-8-14/h3-11,18H,1-2H3,(H,25,27)(H,22,23,24)/t18-/m0/s1. The van der Waals surface area contributed by atoms with Crippen LogP contribution in [0, 0.1) is 6.92 Å². The van der Waals surface area contributed by atoms with E-state index in [0.29, 0.717) is 16.5 Å². The van der Waals surface area contributed by atoms with Gasteiger partial charge in [0, 0.05) is 16.4 Å². The van der Waals surface area contributed by atoms with Crippen molar-refractivity contribution >= 4 is 29.1 Å². The van der Waals surface area contributed by atoms with Crippen molar-refractivity contribution in [2.45, 2.75) is 19.9 Å². The molecule has 0 aliphatic carbocycles. The van der Waals surface area contributed by atoms with Crippen LogP contribution in [0.1, 0.15) is 24.1 Å². The molecule has 136 valence electrons. The van der Waals surface area contributed by atoms with Crippen molar-refractivity contribution in [2.24, 2.45) is 0 Å². The van der Waals surface area contributed by atoms with Crippen LogP contribution >= 0.6 is 11.6 Å². The number of aromatic nitrogens is 3. The average Bonchev–Trinajstić information content (AvgIpc) is 3.11. The largest absolute Gasteiger partial charge is 0.328 e. The van der Waals surface area contributed by atoms with Crippen LogP contribution in [0.2, 0.25) is 5.02 Å². The van der Waals surface area contributed by atoms with Crippen molar-refractivity contribution < 1.29 is 4.79 Å². The Morgan fingerprint density at radius 3 is 2.63 bits per heavy atom. The molecule has 2 N–H and O–H groups in total. The number of aryl methyl sites for hydroxylation is 1. The summed E-state index contributed by atoms with van der Waals surface area (Å²) in [7, 11) is 0. The highest BCUT2D eigenvalue weighted by atomic mass is 35.5. The fourth-order valence-electron chi connectivity index (χ4n) is 3.24. The van der Waals surface area contributed by atoms with Gasteiger partial charge in [0.1, 0.15) is 12.4 Å². The fraction of sp³-hybridized carbons (Fsp3) is 0.150. The third-order valence-corrected chi connectivity index (χ3v) is 4.87. The van der Waals surface area contributed by atoms with Crippen molar-refractivity contribution in [3.63, 3.8) is 0 Å². The van der Waals surface area contributed by atoms with Crippen LogP contribution in [0.15, 0.2) is 66.1 Å². The number of allylic oxidation sites excluding steroid dienone is 1. The van der Waals surface area contributed by atoms with E-state index in [0.717, 1.165) is 22.5 Å². The lowest BCUT2D eigenvalue weighted by molar-refractivity contribution is -0.113. The quantitative estimate of drug-likeness (QED) is 0.716. The van der Waals surface area contributed by atoms with E-state index in [1.54, 1.807) is 4.68 Å². The summed E-state index contributed by atoms with van der Waals surface area (Å²) < 4.78 is 1.71. The first-order valence-electron chi connectivity index (χ1n) is 8.54. The highest BCUT2D eigenvalue weighted by molar-refractivity contribution is 6.30. The molecule has 4 rings (SSSR count). The number of carbonyl (C=O) groups excluding carboxylic acids is 1. The molecule has 27 heavy (non-hydrogen) atoms. The summed E-state index contributed by atoms with van der Waals surface area (Å²) in [5.41, 5.74) is 4.00. The number of carbonyl (C=O) groups is 1. The first kappa shape index (κ1) is 17.3. The van der Waals surface area contributed by atoms with Crippen LogP contribution in [-0.4, -0.2) is 20.7 Å². The van der Waals surface area contributed by atoms with E-state index in [1.807, 2.05) is 62.4 Å². The molecule has 0 bridgehead atoms. The van der Waals surface area contributed by atoms with Gasteiger partial charge in [0.05, 0.1) is 5.57 Å². The van der Waals surface area contributed by atoms with Crippen molar-refractivity contribution in [3.05, 3.63) is 82.3 Å². The Morgan fingerprint density at radius 1 is 1.15 bits per heavy atom. The SMILES string of the molecule is CC1=C(C(=O)Nc2ccccc2C)[C@H](c2ccc(Cl)cc2)n2ncnc2N1. The Kier molecular flexibility index (Phi) is 4.41. The summed E-state index contributed by atoms with van der Waals surface area (Å²) in [6.45, 7) is 3.83. The number of rotatable bonds is 3. The molecule has 2 aromatic carbocycles. The molecule has 1 aromatic heterocycles. The Hall–Kier alpha value is -3.12. The Bertz CT molecular complexity index is 1040. The molecule has 0 saturated heterocycles. The van der Waals surface area contributed by atoms with Gasteiger partial charge in [0.2, 0.25) is 5.95 Å². The molecule has 0 spiro atoms. The Morgan fingerprint density at radius 2 is 1.89 bits per heavy atom. The highest BCUT2D eigenvalue weighted by Crippen LogP contribution is 2.35. The van der Waals surface area contributed by atoms with Gasteiger partial charge in [-0.05, 0) is 43.2 Å². The summed E-state index contributed by atoms with van der Waals surface area (Å²) in [5.74, 6) is 0.412. The van der Waals surface area contributed by atoms with E-state index in [-0.39, 0.29) is 5.91 Å². The van der Waals surface area contributed by atoms with Gasteiger partial charge < -0.3 is 10.6 Å². The molecule has 0 radical (unpaired) electrons. The molecule has 1 aliphatic rings. The molecular formula is C20H18ClN5O. The maximum atomic E-state index is 13.2.